The van der Waals surface area contributed by atoms with E-state index in [0.29, 0.717) is 0 Å². The number of benzene rings is 2. The molecule has 2 aromatic carbocycles. The normalized spacial score (nSPS) is 11.3. The lowest BCUT2D eigenvalue weighted by atomic mass is 10.1. The van der Waals surface area contributed by atoms with Crippen LogP contribution in [0.4, 0.5) is 11.4 Å². The Morgan fingerprint density at radius 2 is 0.684 bits per heavy atom. The summed E-state index contributed by atoms with van der Waals surface area (Å²) in [6.45, 7) is 1.55. The highest BCUT2D eigenvalue weighted by molar-refractivity contribution is 9.09. The average molecular weight is 653 g/mol. The van der Waals surface area contributed by atoms with Gasteiger partial charge in [-0.1, -0.05) is 109 Å². The third kappa shape index (κ3) is 17.2. The fourth-order valence-corrected chi connectivity index (χ4v) is 5.02. The zero-order chi connectivity index (χ0) is 26.9. The zero-order valence-corrected chi connectivity index (χ0v) is 26.4. The number of halogens is 2. The van der Waals surface area contributed by atoms with Crippen molar-refractivity contribution >= 4 is 43.2 Å². The Bertz CT molecular complexity index is 759. The van der Waals surface area contributed by atoms with Crippen LogP contribution in [0.2, 0.25) is 0 Å². The molecule has 0 heterocycles. The fraction of sp³-hybridized carbons (Fsp3) is 0.625. The van der Waals surface area contributed by atoms with Crippen molar-refractivity contribution in [1.29, 1.82) is 0 Å². The predicted octanol–water partition coefficient (Wildman–Crippen LogP) is 11.9. The Kier molecular flexibility index (Phi) is 20.3. The van der Waals surface area contributed by atoms with Crippen LogP contribution in [0.5, 0.6) is 11.5 Å². The van der Waals surface area contributed by atoms with Crippen molar-refractivity contribution in [1.82, 2.24) is 0 Å². The monoisotopic (exact) mass is 650 g/mol. The molecule has 0 aliphatic rings. The molecule has 38 heavy (non-hydrogen) atoms. The summed E-state index contributed by atoms with van der Waals surface area (Å²) in [4.78, 5) is 0. The highest BCUT2D eigenvalue weighted by Gasteiger charge is 1.99. The molecule has 0 aromatic heterocycles. The summed E-state index contributed by atoms with van der Waals surface area (Å²) < 4.78 is 11.8. The maximum atomic E-state index is 5.88. The molecule has 2 aromatic rings. The van der Waals surface area contributed by atoms with Crippen LogP contribution >= 0.6 is 31.9 Å². The molecule has 0 saturated carbocycles. The molecule has 2 rings (SSSR count). The fourth-order valence-electron chi connectivity index (χ4n) is 4.23. The van der Waals surface area contributed by atoms with Crippen LogP contribution in [0.3, 0.4) is 0 Å². The third-order valence-electron chi connectivity index (χ3n) is 6.55. The van der Waals surface area contributed by atoms with Crippen LogP contribution in [-0.2, 0) is 0 Å². The first-order valence-electron chi connectivity index (χ1n) is 14.8. The molecule has 0 fully saturated rings. The minimum absolute atomic E-state index is 0.774. The lowest BCUT2D eigenvalue weighted by molar-refractivity contribution is 0.304. The van der Waals surface area contributed by atoms with Crippen molar-refractivity contribution < 1.29 is 9.47 Å². The minimum atomic E-state index is 0.774. The predicted molar refractivity (Wildman–Crippen MR) is 170 cm³/mol. The Hall–Kier alpha value is -1.40. The van der Waals surface area contributed by atoms with E-state index in [-0.39, 0.29) is 0 Å². The van der Waals surface area contributed by atoms with Crippen molar-refractivity contribution in [3.8, 4) is 11.5 Å². The van der Waals surface area contributed by atoms with E-state index >= 15 is 0 Å². The van der Waals surface area contributed by atoms with Crippen LogP contribution in [0.25, 0.3) is 0 Å². The molecule has 0 aliphatic heterocycles. The van der Waals surface area contributed by atoms with E-state index in [0.717, 1.165) is 59.6 Å². The number of unbranched alkanes of at least 4 members (excludes halogenated alkanes) is 14. The average Bonchev–Trinajstić information content (AvgIpc) is 2.95. The summed E-state index contributed by atoms with van der Waals surface area (Å²) in [5, 5.41) is 11.0. The third-order valence-corrected chi connectivity index (χ3v) is 7.67. The maximum Gasteiger partial charge on any atom is 0.119 e. The summed E-state index contributed by atoms with van der Waals surface area (Å²) in [6, 6.07) is 15.7. The van der Waals surface area contributed by atoms with Gasteiger partial charge >= 0.3 is 0 Å². The van der Waals surface area contributed by atoms with Crippen molar-refractivity contribution in [2.24, 2.45) is 10.2 Å². The van der Waals surface area contributed by atoms with Gasteiger partial charge in [-0.3, -0.25) is 0 Å². The molecule has 0 aliphatic carbocycles. The quantitative estimate of drug-likeness (QED) is 0.0643. The van der Waals surface area contributed by atoms with Crippen LogP contribution in [-0.4, -0.2) is 23.9 Å². The molecule has 0 spiro atoms. The molecular weight excluding hydrogens is 604 g/mol. The summed E-state index contributed by atoms with van der Waals surface area (Å²) in [5.74, 6) is 1.79. The van der Waals surface area contributed by atoms with Gasteiger partial charge in [-0.25, -0.2) is 0 Å². The largest absolute Gasteiger partial charge is 0.494 e. The summed E-state index contributed by atoms with van der Waals surface area (Å²) in [6.07, 6.45) is 20.8. The minimum Gasteiger partial charge on any atom is -0.494 e. The van der Waals surface area contributed by atoms with Gasteiger partial charge in [0.05, 0.1) is 24.6 Å². The second-order valence-corrected chi connectivity index (χ2v) is 11.5. The number of azo groups is 1. The SMILES string of the molecule is BrCCCCCCCCCCOc1ccc(N=Nc2ccc(OCCCCCCCCCCBr)cc2)cc1. The van der Waals surface area contributed by atoms with E-state index in [4.69, 9.17) is 9.47 Å². The van der Waals surface area contributed by atoms with Crippen molar-refractivity contribution in [2.45, 2.75) is 103 Å². The van der Waals surface area contributed by atoms with E-state index in [9.17, 15) is 0 Å². The van der Waals surface area contributed by atoms with Crippen LogP contribution in [0.15, 0.2) is 58.8 Å². The molecule has 4 nitrogen and oxygen atoms in total. The number of hydrogen-bond acceptors (Lipinski definition) is 4. The molecule has 0 N–H and O–H groups in total. The number of alkyl halides is 2. The lowest BCUT2D eigenvalue weighted by Crippen LogP contribution is -1.97. The topological polar surface area (TPSA) is 43.2 Å². The van der Waals surface area contributed by atoms with E-state index in [1.165, 1.54) is 89.9 Å². The van der Waals surface area contributed by atoms with Crippen LogP contribution < -0.4 is 9.47 Å². The molecule has 6 heteroatoms. The number of hydrogen-bond donors (Lipinski definition) is 0. The zero-order valence-electron chi connectivity index (χ0n) is 23.2. The Balaban J connectivity index is 1.53. The van der Waals surface area contributed by atoms with E-state index < -0.39 is 0 Å². The first-order chi connectivity index (χ1) is 18.8. The molecule has 212 valence electrons. The van der Waals surface area contributed by atoms with Gasteiger partial charge in [0.25, 0.3) is 0 Å². The highest BCUT2D eigenvalue weighted by Crippen LogP contribution is 2.23. The molecule has 0 saturated heterocycles. The van der Waals surface area contributed by atoms with Gasteiger partial charge in [-0.15, -0.1) is 0 Å². The molecule has 0 amide bonds. The Morgan fingerprint density at radius 3 is 1.00 bits per heavy atom. The van der Waals surface area contributed by atoms with Crippen LogP contribution in [0.1, 0.15) is 103 Å². The van der Waals surface area contributed by atoms with Gasteiger partial charge in [0.1, 0.15) is 11.5 Å². The van der Waals surface area contributed by atoms with Gasteiger partial charge < -0.3 is 9.47 Å². The second kappa shape index (κ2) is 23.5. The van der Waals surface area contributed by atoms with Gasteiger partial charge in [0.2, 0.25) is 0 Å². The summed E-state index contributed by atoms with van der Waals surface area (Å²) >= 11 is 6.99. The first kappa shape index (κ1) is 32.8. The Morgan fingerprint density at radius 1 is 0.395 bits per heavy atom. The summed E-state index contributed by atoms with van der Waals surface area (Å²) in [5.41, 5.74) is 1.64. The molecule has 0 atom stereocenters. The van der Waals surface area contributed by atoms with Crippen molar-refractivity contribution in [3.63, 3.8) is 0 Å². The van der Waals surface area contributed by atoms with Gasteiger partial charge in [0, 0.05) is 10.7 Å². The van der Waals surface area contributed by atoms with E-state index in [2.05, 4.69) is 42.1 Å². The van der Waals surface area contributed by atoms with Gasteiger partial charge in [-0.2, -0.15) is 10.2 Å². The smallest absolute Gasteiger partial charge is 0.119 e. The van der Waals surface area contributed by atoms with Crippen LogP contribution in [0, 0.1) is 0 Å². The number of ether oxygens (including phenoxy) is 2. The Labute approximate surface area is 248 Å². The van der Waals surface area contributed by atoms with Crippen molar-refractivity contribution in [3.05, 3.63) is 48.5 Å². The van der Waals surface area contributed by atoms with Gasteiger partial charge in [0.15, 0.2) is 0 Å². The summed E-state index contributed by atoms with van der Waals surface area (Å²) in [7, 11) is 0. The number of nitrogens with zero attached hydrogens (tertiary/aromatic N) is 2. The molecule has 0 radical (unpaired) electrons. The maximum absolute atomic E-state index is 5.88. The number of rotatable bonds is 24. The second-order valence-electron chi connectivity index (χ2n) is 9.92. The molecule has 0 unspecified atom stereocenters. The van der Waals surface area contributed by atoms with E-state index in [1.807, 2.05) is 48.5 Å². The van der Waals surface area contributed by atoms with Gasteiger partial charge in [-0.05, 0) is 74.2 Å². The van der Waals surface area contributed by atoms with Crippen molar-refractivity contribution in [2.75, 3.05) is 23.9 Å². The molecule has 0 bridgehead atoms. The first-order valence-corrected chi connectivity index (χ1v) is 17.1. The van der Waals surface area contributed by atoms with E-state index in [1.54, 1.807) is 0 Å². The lowest BCUT2D eigenvalue weighted by Gasteiger charge is -2.07. The molecular formula is C32H48Br2N2O2. The highest BCUT2D eigenvalue weighted by atomic mass is 79.9. The standard InChI is InChI=1S/C32H48Br2N2O2/c33-25-13-9-5-1-3-7-11-15-27-37-31-21-17-29(18-22-31)35-36-30-19-23-32(24-20-30)38-28-16-12-8-4-2-6-10-14-26-34/h17-24H,1-16,25-28H2.